The number of sulfone groups is 1. The van der Waals surface area contributed by atoms with E-state index in [-0.39, 0.29) is 24.2 Å². The molecule has 1 aromatic carbocycles. The van der Waals surface area contributed by atoms with E-state index in [0.717, 1.165) is 5.56 Å². The highest BCUT2D eigenvalue weighted by Crippen LogP contribution is 2.52. The number of rotatable bonds is 4. The van der Waals surface area contributed by atoms with E-state index in [4.69, 9.17) is 11.6 Å². The van der Waals surface area contributed by atoms with Crippen molar-refractivity contribution in [2.45, 2.75) is 18.1 Å². The highest BCUT2D eigenvalue weighted by molar-refractivity contribution is 7.92. The average Bonchev–Trinajstić information content (AvgIpc) is 3.04. The molecule has 1 aromatic rings. The van der Waals surface area contributed by atoms with Crippen LogP contribution in [0.3, 0.4) is 0 Å². The lowest BCUT2D eigenvalue weighted by Crippen LogP contribution is -2.13. The first-order valence-corrected chi connectivity index (χ1v) is 7.68. The van der Waals surface area contributed by atoms with Crippen molar-refractivity contribution < 1.29 is 13.5 Å². The molecule has 94 valence electrons. The van der Waals surface area contributed by atoms with Gasteiger partial charge in [0, 0.05) is 29.2 Å². The number of aliphatic hydroxyl groups excluding tert-OH is 1. The van der Waals surface area contributed by atoms with E-state index in [9.17, 15) is 13.5 Å². The molecule has 2 rings (SSSR count). The minimum absolute atomic E-state index is 0.0962. The largest absolute Gasteiger partial charge is 0.396 e. The molecule has 0 unspecified atom stereocenters. The summed E-state index contributed by atoms with van der Waals surface area (Å²) >= 11 is 5.89. The molecule has 3 atom stereocenters. The molecule has 3 nitrogen and oxygen atoms in total. The Balaban J connectivity index is 2.29. The lowest BCUT2D eigenvalue weighted by molar-refractivity contribution is 0.274. The molecule has 0 amide bonds. The van der Waals surface area contributed by atoms with Gasteiger partial charge in [-0.05, 0) is 17.7 Å². The second-order valence-corrected chi connectivity index (χ2v) is 7.23. The number of hydrogen-bond donors (Lipinski definition) is 1. The van der Waals surface area contributed by atoms with Crippen LogP contribution in [0.1, 0.15) is 18.4 Å². The van der Waals surface area contributed by atoms with Crippen LogP contribution in [0.25, 0.3) is 0 Å². The zero-order chi connectivity index (χ0) is 12.6. The van der Waals surface area contributed by atoms with E-state index in [0.29, 0.717) is 5.02 Å². The predicted octanol–water partition coefficient (Wildman–Crippen LogP) is 1.85. The van der Waals surface area contributed by atoms with Gasteiger partial charge < -0.3 is 5.11 Å². The molecule has 1 N–H and O–H groups in total. The average molecular weight is 275 g/mol. The molecule has 0 aliphatic heterocycles. The van der Waals surface area contributed by atoms with Gasteiger partial charge in [-0.3, -0.25) is 0 Å². The summed E-state index contributed by atoms with van der Waals surface area (Å²) in [5.74, 6) is -0.173. The van der Waals surface area contributed by atoms with Crippen LogP contribution in [-0.4, -0.2) is 31.1 Å². The van der Waals surface area contributed by atoms with E-state index < -0.39 is 15.1 Å². The standard InChI is InChI=1S/C12H15ClO3S/c1-2-17(15,16)12-10(7-14)11(12)8-4-3-5-9(13)6-8/h3-6,10-12,14H,2,7H2,1H3/t10-,11+,12+/m0/s1. The Morgan fingerprint density at radius 2 is 2.12 bits per heavy atom. The summed E-state index contributed by atoms with van der Waals surface area (Å²) in [6.45, 7) is 1.54. The third-order valence-electron chi connectivity index (χ3n) is 3.36. The molecular weight excluding hydrogens is 260 g/mol. The van der Waals surface area contributed by atoms with Crippen molar-refractivity contribution in [1.29, 1.82) is 0 Å². The van der Waals surface area contributed by atoms with Crippen LogP contribution in [0.5, 0.6) is 0 Å². The molecule has 1 saturated carbocycles. The zero-order valence-corrected chi connectivity index (χ0v) is 11.1. The Morgan fingerprint density at radius 3 is 2.65 bits per heavy atom. The smallest absolute Gasteiger partial charge is 0.153 e. The summed E-state index contributed by atoms with van der Waals surface area (Å²) in [5.41, 5.74) is 0.901. The molecule has 0 aromatic heterocycles. The van der Waals surface area contributed by atoms with E-state index >= 15 is 0 Å². The third-order valence-corrected chi connectivity index (χ3v) is 5.87. The summed E-state index contributed by atoms with van der Waals surface area (Å²) in [6, 6.07) is 7.20. The summed E-state index contributed by atoms with van der Waals surface area (Å²) in [4.78, 5) is 0. The minimum Gasteiger partial charge on any atom is -0.396 e. The van der Waals surface area contributed by atoms with E-state index in [1.165, 1.54) is 0 Å². The molecular formula is C12H15ClO3S. The number of benzene rings is 1. The first-order valence-electron chi connectivity index (χ1n) is 5.59. The zero-order valence-electron chi connectivity index (χ0n) is 9.51. The SMILES string of the molecule is CCS(=O)(=O)[C@@H]1[C@@H](CO)[C@H]1c1cccc(Cl)c1. The summed E-state index contributed by atoms with van der Waals surface area (Å²) in [6.07, 6.45) is 0. The van der Waals surface area contributed by atoms with Crippen molar-refractivity contribution >= 4 is 21.4 Å². The number of halogens is 1. The Morgan fingerprint density at radius 1 is 1.41 bits per heavy atom. The van der Waals surface area contributed by atoms with E-state index in [1.807, 2.05) is 6.07 Å². The highest BCUT2D eigenvalue weighted by Gasteiger charge is 2.57. The Labute approximate surface area is 106 Å². The fraction of sp³-hybridized carbons (Fsp3) is 0.500. The maximum Gasteiger partial charge on any atom is 0.153 e. The first-order chi connectivity index (χ1) is 8.01. The maximum atomic E-state index is 11.9. The fourth-order valence-corrected chi connectivity index (χ4v) is 4.48. The molecule has 17 heavy (non-hydrogen) atoms. The molecule has 0 bridgehead atoms. The summed E-state index contributed by atoms with van der Waals surface area (Å²) < 4.78 is 23.7. The highest BCUT2D eigenvalue weighted by atomic mass is 35.5. The lowest BCUT2D eigenvalue weighted by atomic mass is 10.1. The van der Waals surface area contributed by atoms with Crippen LogP contribution in [-0.2, 0) is 9.84 Å². The summed E-state index contributed by atoms with van der Waals surface area (Å²) in [5, 5.41) is 9.39. The molecule has 1 aliphatic rings. The van der Waals surface area contributed by atoms with Crippen LogP contribution >= 0.6 is 11.6 Å². The van der Waals surface area contributed by atoms with Gasteiger partial charge in [-0.15, -0.1) is 0 Å². The Kier molecular flexibility index (Phi) is 3.48. The quantitative estimate of drug-likeness (QED) is 0.912. The topological polar surface area (TPSA) is 54.4 Å². The van der Waals surface area contributed by atoms with Gasteiger partial charge in [0.2, 0.25) is 0 Å². The van der Waals surface area contributed by atoms with E-state index in [2.05, 4.69) is 0 Å². The Hall–Kier alpha value is -0.580. The second kappa shape index (κ2) is 4.59. The molecule has 0 heterocycles. The van der Waals surface area contributed by atoms with Crippen molar-refractivity contribution in [3.05, 3.63) is 34.9 Å². The predicted molar refractivity (Wildman–Crippen MR) is 68.0 cm³/mol. The second-order valence-electron chi connectivity index (χ2n) is 4.34. The van der Waals surface area contributed by atoms with E-state index in [1.54, 1.807) is 25.1 Å². The van der Waals surface area contributed by atoms with Crippen molar-refractivity contribution in [3.8, 4) is 0 Å². The van der Waals surface area contributed by atoms with Crippen molar-refractivity contribution in [1.82, 2.24) is 0 Å². The molecule has 1 fully saturated rings. The van der Waals surface area contributed by atoms with Crippen LogP contribution < -0.4 is 0 Å². The van der Waals surface area contributed by atoms with Crippen LogP contribution in [0.15, 0.2) is 24.3 Å². The van der Waals surface area contributed by atoms with Gasteiger partial charge in [0.15, 0.2) is 9.84 Å². The van der Waals surface area contributed by atoms with Crippen LogP contribution in [0, 0.1) is 5.92 Å². The van der Waals surface area contributed by atoms with Crippen molar-refractivity contribution in [2.24, 2.45) is 5.92 Å². The monoisotopic (exact) mass is 274 g/mol. The number of hydrogen-bond acceptors (Lipinski definition) is 3. The molecule has 0 radical (unpaired) electrons. The summed E-state index contributed by atoms with van der Waals surface area (Å²) in [7, 11) is -3.10. The maximum absolute atomic E-state index is 11.9. The number of aliphatic hydroxyl groups is 1. The lowest BCUT2D eigenvalue weighted by Gasteiger charge is -2.01. The van der Waals surface area contributed by atoms with Crippen LogP contribution in [0.2, 0.25) is 5.02 Å². The molecule has 5 heteroatoms. The molecule has 0 spiro atoms. The normalized spacial score (nSPS) is 28.1. The van der Waals surface area contributed by atoms with Gasteiger partial charge in [-0.2, -0.15) is 0 Å². The van der Waals surface area contributed by atoms with Crippen molar-refractivity contribution in [2.75, 3.05) is 12.4 Å². The van der Waals surface area contributed by atoms with Gasteiger partial charge in [-0.1, -0.05) is 30.7 Å². The van der Waals surface area contributed by atoms with Gasteiger partial charge in [0.1, 0.15) is 0 Å². The van der Waals surface area contributed by atoms with Gasteiger partial charge in [-0.25, -0.2) is 8.42 Å². The first kappa shape index (κ1) is 12.9. The third kappa shape index (κ3) is 2.34. The molecule has 1 aliphatic carbocycles. The van der Waals surface area contributed by atoms with Crippen molar-refractivity contribution in [3.63, 3.8) is 0 Å². The van der Waals surface area contributed by atoms with Gasteiger partial charge in [0.25, 0.3) is 0 Å². The molecule has 0 saturated heterocycles. The van der Waals surface area contributed by atoms with Gasteiger partial charge in [0.05, 0.1) is 5.25 Å². The fourth-order valence-electron chi connectivity index (χ4n) is 2.39. The minimum atomic E-state index is -3.10. The van der Waals surface area contributed by atoms with Crippen LogP contribution in [0.4, 0.5) is 0 Å². The Bertz CT molecular complexity index is 512. The van der Waals surface area contributed by atoms with Gasteiger partial charge >= 0.3 is 0 Å².